The summed E-state index contributed by atoms with van der Waals surface area (Å²) in [6.07, 6.45) is 3.83. The monoisotopic (exact) mass is 832 g/mol. The summed E-state index contributed by atoms with van der Waals surface area (Å²) < 4.78 is 16.1. The van der Waals surface area contributed by atoms with Crippen LogP contribution in [0.2, 0.25) is 0 Å². The smallest absolute Gasteiger partial charge is 0.407 e. The normalized spacial score (nSPS) is 20.7. The molecule has 0 spiro atoms. The minimum absolute atomic E-state index is 0.0257. The Bertz CT molecular complexity index is 2490. The average molecular weight is 833 g/mol. The SMILES string of the molecule is CCC1CC(c2ncc(-c3ccc4c(c3)COc3cc5c(ccc6[nH]c(C7CCC(C)N7C(=O)C(NC(=O)OC)C(C)C)nc65)cc3-4)[nH]2)N(C(=O)C(NC(=O)OC)C(C)C)C1. The lowest BCUT2D eigenvalue weighted by atomic mass is 9.92. The third-order valence-corrected chi connectivity index (χ3v) is 12.9. The fraction of sp³-hybridized carbons (Fsp3) is 0.478. The van der Waals surface area contributed by atoms with Crippen LogP contribution in [0.5, 0.6) is 5.75 Å². The van der Waals surface area contributed by atoms with Gasteiger partial charge in [0, 0.05) is 23.5 Å². The molecule has 5 aromatic rings. The van der Waals surface area contributed by atoms with E-state index in [0.29, 0.717) is 24.9 Å². The molecule has 4 amide bonds. The van der Waals surface area contributed by atoms with E-state index in [-0.39, 0.29) is 41.8 Å². The number of carbonyl (C=O) groups is 4. The van der Waals surface area contributed by atoms with Crippen LogP contribution in [0.4, 0.5) is 9.59 Å². The van der Waals surface area contributed by atoms with Gasteiger partial charge in [-0.2, -0.15) is 0 Å². The minimum atomic E-state index is -0.726. The molecule has 3 aliphatic rings. The molecule has 3 aliphatic heterocycles. The number of hydrogen-bond donors (Lipinski definition) is 4. The van der Waals surface area contributed by atoms with Crippen LogP contribution in [0, 0.1) is 17.8 Å². The predicted molar refractivity (Wildman–Crippen MR) is 230 cm³/mol. The van der Waals surface area contributed by atoms with Crippen molar-refractivity contribution >= 4 is 45.8 Å². The van der Waals surface area contributed by atoms with Crippen LogP contribution in [-0.4, -0.2) is 92.6 Å². The lowest BCUT2D eigenvalue weighted by Gasteiger charge is -2.32. The Morgan fingerprint density at radius 1 is 0.869 bits per heavy atom. The molecule has 6 atom stereocenters. The zero-order valence-electron chi connectivity index (χ0n) is 36.1. The number of imidazole rings is 2. The Labute approximate surface area is 355 Å². The van der Waals surface area contributed by atoms with Crippen LogP contribution >= 0.6 is 0 Å². The number of methoxy groups -OCH3 is 2. The van der Waals surface area contributed by atoms with Crippen molar-refractivity contribution in [1.82, 2.24) is 40.4 Å². The number of H-pyrrole nitrogens is 2. The maximum Gasteiger partial charge on any atom is 0.407 e. The standard InChI is InChI=1S/C46H56N8O7/c1-9-26-16-36(53(21-26)43(55)38(23(2)3)51-45(57)59-7)41-47-20-34(49-41)28-11-13-30-29(17-28)22-61-37-19-31-27(18-32(30)37)12-14-33-40(31)50-42(48-33)35-15-10-25(6)54(35)44(56)39(24(4)5)52-46(58)60-8/h11-14,17-20,23-26,35-36,38-39H,9-10,15-16,21-22H2,1-8H3,(H,47,49)(H,48,50)(H,51,57)(H,52,58). The third kappa shape index (κ3) is 7.74. The van der Waals surface area contributed by atoms with Crippen LogP contribution in [0.3, 0.4) is 0 Å². The van der Waals surface area contributed by atoms with Crippen molar-refractivity contribution in [3.8, 4) is 28.1 Å². The third-order valence-electron chi connectivity index (χ3n) is 12.9. The van der Waals surface area contributed by atoms with E-state index in [2.05, 4.69) is 63.9 Å². The van der Waals surface area contributed by atoms with Gasteiger partial charge in [-0.25, -0.2) is 19.6 Å². The predicted octanol–water partition coefficient (Wildman–Crippen LogP) is 7.78. The highest BCUT2D eigenvalue weighted by Gasteiger charge is 2.43. The number of nitrogens with one attached hydrogen (secondary N) is 4. The van der Waals surface area contributed by atoms with Gasteiger partial charge in [0.2, 0.25) is 11.8 Å². The van der Waals surface area contributed by atoms with Gasteiger partial charge in [0.05, 0.1) is 49.2 Å². The summed E-state index contributed by atoms with van der Waals surface area (Å²) in [7, 11) is 2.59. The molecule has 2 fully saturated rings. The van der Waals surface area contributed by atoms with E-state index in [1.807, 2.05) is 56.7 Å². The lowest BCUT2D eigenvalue weighted by Crippen LogP contribution is -2.52. The summed E-state index contributed by atoms with van der Waals surface area (Å²) in [5.74, 6) is 1.96. The molecular weight excluding hydrogens is 777 g/mol. The first kappa shape index (κ1) is 41.6. The van der Waals surface area contributed by atoms with Crippen molar-refractivity contribution in [2.45, 2.75) is 104 Å². The minimum Gasteiger partial charge on any atom is -0.488 e. The van der Waals surface area contributed by atoms with E-state index in [1.54, 1.807) is 0 Å². The second-order valence-corrected chi connectivity index (χ2v) is 17.4. The molecule has 8 rings (SSSR count). The molecule has 4 N–H and O–H groups in total. The van der Waals surface area contributed by atoms with Gasteiger partial charge in [-0.05, 0) is 90.3 Å². The zero-order valence-corrected chi connectivity index (χ0v) is 36.1. The quantitative estimate of drug-likeness (QED) is 0.109. The fourth-order valence-corrected chi connectivity index (χ4v) is 9.37. The van der Waals surface area contributed by atoms with Crippen LogP contribution in [0.15, 0.2) is 48.7 Å². The zero-order chi connectivity index (χ0) is 43.3. The molecule has 0 bridgehead atoms. The number of nitrogens with zero attached hydrogens (tertiary/aromatic N) is 4. The van der Waals surface area contributed by atoms with Crippen molar-refractivity contribution in [2.24, 2.45) is 17.8 Å². The number of fused-ring (bicyclic) bond motifs is 6. The number of aromatic amines is 2. The number of aromatic nitrogens is 4. The Hall–Kier alpha value is -6.12. The lowest BCUT2D eigenvalue weighted by molar-refractivity contribution is -0.137. The fourth-order valence-electron chi connectivity index (χ4n) is 9.37. The molecule has 61 heavy (non-hydrogen) atoms. The van der Waals surface area contributed by atoms with Crippen LogP contribution in [0.25, 0.3) is 44.2 Å². The summed E-state index contributed by atoms with van der Waals surface area (Å²) in [5.41, 5.74) is 6.60. The van der Waals surface area contributed by atoms with Gasteiger partial charge >= 0.3 is 12.2 Å². The Morgan fingerprint density at radius 2 is 1.59 bits per heavy atom. The number of hydrogen-bond acceptors (Lipinski definition) is 9. The van der Waals surface area contributed by atoms with E-state index in [1.165, 1.54) is 14.2 Å². The van der Waals surface area contributed by atoms with Gasteiger partial charge in [0.25, 0.3) is 0 Å². The Morgan fingerprint density at radius 3 is 2.28 bits per heavy atom. The van der Waals surface area contributed by atoms with Gasteiger partial charge in [-0.3, -0.25) is 9.59 Å². The summed E-state index contributed by atoms with van der Waals surface area (Å²) in [6, 6.07) is 12.7. The molecule has 0 saturated carbocycles. The number of benzene rings is 3. The number of alkyl carbamates (subject to hydrolysis) is 2. The molecule has 15 nitrogen and oxygen atoms in total. The molecule has 0 aliphatic carbocycles. The van der Waals surface area contributed by atoms with Crippen molar-refractivity contribution in [1.29, 1.82) is 0 Å². The first-order chi connectivity index (χ1) is 29.3. The van der Waals surface area contributed by atoms with E-state index >= 15 is 0 Å². The van der Waals surface area contributed by atoms with Gasteiger partial charge in [0.15, 0.2) is 0 Å². The number of likely N-dealkylation sites (tertiary alicyclic amines) is 2. The summed E-state index contributed by atoms with van der Waals surface area (Å²) >= 11 is 0. The molecule has 2 aromatic heterocycles. The van der Waals surface area contributed by atoms with Crippen LogP contribution in [0.1, 0.15) is 96.5 Å². The van der Waals surface area contributed by atoms with Gasteiger partial charge < -0.3 is 44.6 Å². The maximum absolute atomic E-state index is 14.0. The second kappa shape index (κ2) is 16.7. The van der Waals surface area contributed by atoms with Crippen LogP contribution in [-0.2, 0) is 25.7 Å². The topological polar surface area (TPSA) is 184 Å². The highest BCUT2D eigenvalue weighted by Crippen LogP contribution is 2.44. The van der Waals surface area contributed by atoms with Gasteiger partial charge in [-0.1, -0.05) is 59.2 Å². The average Bonchev–Trinajstić information content (AvgIpc) is 4.08. The van der Waals surface area contributed by atoms with Crippen molar-refractivity contribution in [3.05, 3.63) is 65.9 Å². The molecule has 0 radical (unpaired) electrons. The molecule has 6 unspecified atom stereocenters. The summed E-state index contributed by atoms with van der Waals surface area (Å²) in [5, 5.41) is 7.44. The largest absolute Gasteiger partial charge is 0.488 e. The van der Waals surface area contributed by atoms with Gasteiger partial charge in [-0.15, -0.1) is 0 Å². The van der Waals surface area contributed by atoms with Crippen LogP contribution < -0.4 is 15.4 Å². The first-order valence-electron chi connectivity index (χ1n) is 21.4. The van der Waals surface area contributed by atoms with Crippen molar-refractivity contribution < 1.29 is 33.4 Å². The molecule has 3 aromatic carbocycles. The highest BCUT2D eigenvalue weighted by molar-refractivity contribution is 6.07. The highest BCUT2D eigenvalue weighted by atomic mass is 16.5. The first-order valence-corrected chi connectivity index (χ1v) is 21.4. The molecule has 15 heteroatoms. The molecule has 2 saturated heterocycles. The number of rotatable bonds is 10. The number of ether oxygens (including phenoxy) is 3. The molecule has 322 valence electrons. The second-order valence-electron chi connectivity index (χ2n) is 17.4. The Balaban J connectivity index is 1.05. The summed E-state index contributed by atoms with van der Waals surface area (Å²) in [4.78, 5) is 72.9. The maximum atomic E-state index is 14.0. The van der Waals surface area contributed by atoms with E-state index in [4.69, 9.17) is 24.2 Å². The Kier molecular flexibility index (Phi) is 11.4. The number of carbonyl (C=O) groups excluding carboxylic acids is 4. The van der Waals surface area contributed by atoms with Crippen molar-refractivity contribution in [3.63, 3.8) is 0 Å². The molecule has 5 heterocycles. The van der Waals surface area contributed by atoms with E-state index in [0.717, 1.165) is 87.0 Å². The molecular formula is C46H56N8O7. The van der Waals surface area contributed by atoms with E-state index in [9.17, 15) is 19.2 Å². The van der Waals surface area contributed by atoms with Gasteiger partial charge in [0.1, 0.15) is 36.1 Å². The van der Waals surface area contributed by atoms with E-state index < -0.39 is 24.3 Å². The number of amides is 4. The van der Waals surface area contributed by atoms with Crippen molar-refractivity contribution in [2.75, 3.05) is 20.8 Å². The summed E-state index contributed by atoms with van der Waals surface area (Å²) in [6.45, 7) is 12.8.